The topological polar surface area (TPSA) is 26.0 Å². The van der Waals surface area contributed by atoms with E-state index < -0.39 is 64.4 Å². The van der Waals surface area contributed by atoms with Gasteiger partial charge in [-0.1, -0.05) is 5.16 Å². The first-order valence-electron chi connectivity index (χ1n) is 7.90. The van der Waals surface area contributed by atoms with Gasteiger partial charge in [0.25, 0.3) is 0 Å². The van der Waals surface area contributed by atoms with Crippen LogP contribution >= 0.6 is 11.6 Å². The average Bonchev–Trinajstić information content (AvgIpc) is 3.04. The van der Waals surface area contributed by atoms with Gasteiger partial charge in [-0.15, -0.1) is 0 Å². The number of aryl methyl sites for hydroxylation is 1. The summed E-state index contributed by atoms with van der Waals surface area (Å²) in [4.78, 5) is 0. The van der Waals surface area contributed by atoms with Gasteiger partial charge in [-0.3, -0.25) is 0 Å². The molecule has 1 aromatic rings. The molecular formula is C14H8ClF14NO. The molecule has 2 rings (SSSR count). The number of aromatic nitrogens is 1. The summed E-state index contributed by atoms with van der Waals surface area (Å²) in [5.41, 5.74) is -1.31. The predicted octanol–water partition coefficient (Wildman–Crippen LogP) is 6.65. The van der Waals surface area contributed by atoms with E-state index in [-0.39, 0.29) is 19.3 Å². The molecule has 0 aliphatic heterocycles. The minimum atomic E-state index is -8.16. The van der Waals surface area contributed by atoms with Gasteiger partial charge in [0.15, 0.2) is 0 Å². The fraction of sp³-hybridized carbons (Fsp3) is 0.786. The maximum atomic E-state index is 14.2. The third-order valence-corrected chi connectivity index (χ3v) is 4.81. The Morgan fingerprint density at radius 3 is 1.52 bits per heavy atom. The van der Waals surface area contributed by atoms with Crippen LogP contribution < -0.4 is 0 Å². The van der Waals surface area contributed by atoms with Gasteiger partial charge in [0.05, 0.1) is 5.69 Å². The van der Waals surface area contributed by atoms with Crippen LogP contribution in [0.4, 0.5) is 61.5 Å². The van der Waals surface area contributed by atoms with Gasteiger partial charge in [0, 0.05) is 5.56 Å². The van der Waals surface area contributed by atoms with Crippen LogP contribution in [0.2, 0.25) is 0 Å². The second-order valence-electron chi connectivity index (χ2n) is 6.59. The molecule has 0 fully saturated rings. The molecule has 0 N–H and O–H groups in total. The highest BCUT2D eigenvalue weighted by molar-refractivity contribution is 6.22. The highest BCUT2D eigenvalue weighted by Gasteiger charge is 2.93. The van der Waals surface area contributed by atoms with Crippen LogP contribution in [0.1, 0.15) is 29.9 Å². The predicted molar refractivity (Wildman–Crippen MR) is 72.6 cm³/mol. The zero-order valence-corrected chi connectivity index (χ0v) is 15.1. The monoisotopic (exact) mass is 507 g/mol. The molecule has 1 aromatic heterocycles. The summed E-state index contributed by atoms with van der Waals surface area (Å²) < 4.78 is 192. The summed E-state index contributed by atoms with van der Waals surface area (Å²) in [6.07, 6.45) is -0.399. The zero-order valence-electron chi connectivity index (χ0n) is 14.4. The Balaban J connectivity index is 2.62. The van der Waals surface area contributed by atoms with Crippen molar-refractivity contribution in [3.05, 3.63) is 17.0 Å². The fourth-order valence-electron chi connectivity index (χ4n) is 2.75. The molecule has 0 saturated heterocycles. The molecule has 0 bridgehead atoms. The summed E-state index contributed by atoms with van der Waals surface area (Å²) in [6, 6.07) is 0. The van der Waals surface area contributed by atoms with Gasteiger partial charge in [-0.05, 0) is 37.3 Å². The smallest absolute Gasteiger partial charge is 0.354 e. The number of rotatable bonds is 7. The lowest BCUT2D eigenvalue weighted by Crippen LogP contribution is -2.72. The molecule has 0 spiro atoms. The number of alkyl halides is 15. The summed E-state index contributed by atoms with van der Waals surface area (Å²) in [7, 11) is 0. The summed E-state index contributed by atoms with van der Waals surface area (Å²) in [6.45, 7) is 0. The second-order valence-corrected chi connectivity index (χ2v) is 7.06. The average molecular weight is 508 g/mol. The van der Waals surface area contributed by atoms with Crippen LogP contribution in [0.5, 0.6) is 0 Å². The molecule has 0 saturated carbocycles. The maximum absolute atomic E-state index is 14.2. The van der Waals surface area contributed by atoms with Crippen LogP contribution in [-0.2, 0) is 18.8 Å². The number of nitrogens with zero attached hydrogens (tertiary/aromatic N) is 1. The van der Waals surface area contributed by atoms with Crippen LogP contribution in [0.25, 0.3) is 0 Å². The van der Waals surface area contributed by atoms with E-state index in [1.54, 1.807) is 0 Å². The molecule has 1 heterocycles. The van der Waals surface area contributed by atoms with E-state index in [9.17, 15) is 61.5 Å². The second kappa shape index (κ2) is 7.01. The van der Waals surface area contributed by atoms with Crippen LogP contribution in [0, 0.1) is 0 Å². The Labute approximate surface area is 167 Å². The Hall–Kier alpha value is -1.48. The molecule has 17 heteroatoms. The Kier molecular flexibility index (Phi) is 5.83. The minimum absolute atomic E-state index is 0.0184. The van der Waals surface area contributed by atoms with Crippen LogP contribution in [0.3, 0.4) is 0 Å². The summed E-state index contributed by atoms with van der Waals surface area (Å²) in [5, 5.41) is -3.76. The molecule has 0 amide bonds. The van der Waals surface area contributed by atoms with E-state index in [1.165, 1.54) is 0 Å². The molecule has 0 atom stereocenters. The van der Waals surface area contributed by atoms with Gasteiger partial charge in [0.1, 0.15) is 0 Å². The lowest BCUT2D eigenvalue weighted by molar-refractivity contribution is -0.438. The zero-order chi connectivity index (χ0) is 24.5. The van der Waals surface area contributed by atoms with Crippen molar-refractivity contribution in [3.8, 4) is 0 Å². The lowest BCUT2D eigenvalue weighted by Gasteiger charge is -2.41. The highest BCUT2D eigenvalue weighted by Crippen LogP contribution is 2.64. The summed E-state index contributed by atoms with van der Waals surface area (Å²) in [5.74, 6) is -48.2. The van der Waals surface area contributed by atoms with Gasteiger partial charge < -0.3 is 4.52 Å². The molecule has 180 valence electrons. The third kappa shape index (κ3) is 3.25. The van der Waals surface area contributed by atoms with E-state index in [0.717, 1.165) is 0 Å². The minimum Gasteiger partial charge on any atom is -0.354 e. The highest BCUT2D eigenvalue weighted by atomic mass is 35.5. The normalized spacial score (nSPS) is 17.6. The molecular weight excluding hydrogens is 500 g/mol. The molecule has 1 aliphatic carbocycles. The quantitative estimate of drug-likeness (QED) is 0.305. The van der Waals surface area contributed by atoms with E-state index >= 15 is 0 Å². The largest absolute Gasteiger partial charge is 0.393 e. The first kappa shape index (κ1) is 25.8. The van der Waals surface area contributed by atoms with Gasteiger partial charge >= 0.3 is 40.9 Å². The number of hydrogen-bond donors (Lipinski definition) is 0. The van der Waals surface area contributed by atoms with Crippen LogP contribution in [-0.4, -0.2) is 40.2 Å². The molecule has 1 aliphatic rings. The van der Waals surface area contributed by atoms with Crippen molar-refractivity contribution in [1.29, 1.82) is 0 Å². The van der Waals surface area contributed by atoms with E-state index in [0.29, 0.717) is 0 Å². The third-order valence-electron chi connectivity index (χ3n) is 4.57. The molecule has 0 radical (unpaired) electrons. The van der Waals surface area contributed by atoms with Crippen molar-refractivity contribution < 1.29 is 66.0 Å². The summed E-state index contributed by atoms with van der Waals surface area (Å²) >= 11 is 3.53. The Morgan fingerprint density at radius 2 is 1.03 bits per heavy atom. The van der Waals surface area contributed by atoms with Gasteiger partial charge in [0.2, 0.25) is 5.76 Å². The van der Waals surface area contributed by atoms with Gasteiger partial charge in [-0.2, -0.15) is 61.5 Å². The van der Waals surface area contributed by atoms with Crippen molar-refractivity contribution in [3.63, 3.8) is 0 Å². The molecule has 0 unspecified atom stereocenters. The Morgan fingerprint density at radius 1 is 0.613 bits per heavy atom. The van der Waals surface area contributed by atoms with E-state index in [1.807, 2.05) is 0 Å². The lowest BCUT2D eigenvalue weighted by atomic mass is 9.87. The van der Waals surface area contributed by atoms with Crippen LogP contribution in [0.15, 0.2) is 4.52 Å². The van der Waals surface area contributed by atoms with Crippen molar-refractivity contribution in [2.24, 2.45) is 0 Å². The fourth-order valence-corrected chi connectivity index (χ4v) is 2.87. The molecule has 31 heavy (non-hydrogen) atoms. The Bertz CT molecular complexity index is 827. The standard InChI is InChI=1S/C14H8ClF14NO/c15-14(28,29)13(26,27)12(24,25)11(22,23)10(20,21)9(18,19)8(16,17)7-5-3-1-2-4-6(5)30-31-7/h1-4H2. The first-order chi connectivity index (χ1) is 13.6. The number of hydrogen-bond acceptors (Lipinski definition) is 2. The maximum Gasteiger partial charge on any atom is 0.393 e. The van der Waals surface area contributed by atoms with Crippen molar-refractivity contribution in [2.75, 3.05) is 0 Å². The number of halogens is 15. The SMILES string of the molecule is FC(F)(Cl)C(F)(F)C(F)(F)C(F)(F)C(F)(F)C(F)(F)C(F)(F)c1onc2c1CCCC2. The van der Waals surface area contributed by atoms with E-state index in [4.69, 9.17) is 0 Å². The molecule has 0 aromatic carbocycles. The van der Waals surface area contributed by atoms with Crippen molar-refractivity contribution in [1.82, 2.24) is 5.16 Å². The van der Waals surface area contributed by atoms with Gasteiger partial charge in [-0.25, -0.2) is 0 Å². The number of fused-ring (bicyclic) bond motifs is 1. The first-order valence-corrected chi connectivity index (χ1v) is 8.28. The molecule has 2 nitrogen and oxygen atoms in total. The van der Waals surface area contributed by atoms with Crippen molar-refractivity contribution in [2.45, 2.75) is 66.6 Å². The van der Waals surface area contributed by atoms with Crippen molar-refractivity contribution >= 4 is 11.6 Å². The van der Waals surface area contributed by atoms with E-state index in [2.05, 4.69) is 21.3 Å².